The molecule has 0 atom stereocenters. The maximum Gasteiger partial charge on any atom is 0.348 e. The third-order valence-electron chi connectivity index (χ3n) is 3.22. The van der Waals surface area contributed by atoms with Crippen molar-refractivity contribution < 1.29 is 19.0 Å². The highest BCUT2D eigenvalue weighted by Gasteiger charge is 2.24. The first kappa shape index (κ1) is 16.9. The zero-order valence-corrected chi connectivity index (χ0v) is 14.0. The summed E-state index contributed by atoms with van der Waals surface area (Å²) in [5, 5.41) is 10.4. The second kappa shape index (κ2) is 6.32. The standard InChI is InChI=1S/C16H20FNO3S/c1-16(2,20)9-18(3)8-10-13-11(17)6-5-7-12(13)22-14(10)15(19)21-4/h5-7,20H,8-9H2,1-4H3. The van der Waals surface area contributed by atoms with E-state index in [1.165, 1.54) is 24.5 Å². The first-order valence-corrected chi connectivity index (χ1v) is 7.73. The first-order valence-electron chi connectivity index (χ1n) is 6.92. The number of rotatable bonds is 5. The molecule has 120 valence electrons. The molecule has 2 rings (SSSR count). The monoisotopic (exact) mass is 325 g/mol. The number of aliphatic hydroxyl groups is 1. The van der Waals surface area contributed by atoms with Crippen LogP contribution in [0.25, 0.3) is 10.1 Å². The Hall–Kier alpha value is -1.50. The number of methoxy groups -OCH3 is 1. The number of benzene rings is 1. The van der Waals surface area contributed by atoms with Gasteiger partial charge in [-0.3, -0.25) is 4.90 Å². The van der Waals surface area contributed by atoms with Crippen molar-refractivity contribution in [3.05, 3.63) is 34.5 Å². The summed E-state index contributed by atoms with van der Waals surface area (Å²) in [6, 6.07) is 4.80. The predicted octanol–water partition coefficient (Wildman–Crippen LogP) is 3.03. The molecule has 4 nitrogen and oxygen atoms in total. The number of likely N-dealkylation sites (N-methyl/N-ethyl adjacent to an activating group) is 1. The van der Waals surface area contributed by atoms with Crippen molar-refractivity contribution in [2.75, 3.05) is 20.7 Å². The van der Waals surface area contributed by atoms with E-state index in [1.54, 1.807) is 26.0 Å². The van der Waals surface area contributed by atoms with E-state index in [0.717, 1.165) is 0 Å². The number of esters is 1. The SMILES string of the molecule is COC(=O)c1sc2cccc(F)c2c1CN(C)CC(C)(C)O. The van der Waals surface area contributed by atoms with Crippen LogP contribution in [0.2, 0.25) is 0 Å². The highest BCUT2D eigenvalue weighted by molar-refractivity contribution is 7.21. The number of carbonyl (C=O) groups excluding carboxylic acids is 1. The van der Waals surface area contributed by atoms with Crippen molar-refractivity contribution >= 4 is 27.4 Å². The van der Waals surface area contributed by atoms with E-state index in [2.05, 4.69) is 0 Å². The van der Waals surface area contributed by atoms with Crippen LogP contribution >= 0.6 is 11.3 Å². The summed E-state index contributed by atoms with van der Waals surface area (Å²) in [4.78, 5) is 14.2. The van der Waals surface area contributed by atoms with Crippen molar-refractivity contribution in [3.63, 3.8) is 0 Å². The fourth-order valence-corrected chi connectivity index (χ4v) is 3.71. The lowest BCUT2D eigenvalue weighted by molar-refractivity contribution is 0.0424. The van der Waals surface area contributed by atoms with Gasteiger partial charge in [0.05, 0.1) is 12.7 Å². The molecule has 1 heterocycles. The Morgan fingerprint density at radius 2 is 2.14 bits per heavy atom. The maximum absolute atomic E-state index is 14.2. The van der Waals surface area contributed by atoms with Crippen LogP contribution in [0, 0.1) is 5.82 Å². The number of ether oxygens (including phenoxy) is 1. The van der Waals surface area contributed by atoms with Crippen molar-refractivity contribution in [3.8, 4) is 0 Å². The molecule has 0 radical (unpaired) electrons. The minimum atomic E-state index is -0.870. The summed E-state index contributed by atoms with van der Waals surface area (Å²) in [5.74, 6) is -0.817. The Morgan fingerprint density at radius 1 is 1.45 bits per heavy atom. The quantitative estimate of drug-likeness (QED) is 0.859. The lowest BCUT2D eigenvalue weighted by Crippen LogP contribution is -2.36. The molecular formula is C16H20FNO3S. The van der Waals surface area contributed by atoms with Gasteiger partial charge < -0.3 is 9.84 Å². The van der Waals surface area contributed by atoms with E-state index < -0.39 is 11.6 Å². The van der Waals surface area contributed by atoms with E-state index in [9.17, 15) is 14.3 Å². The van der Waals surface area contributed by atoms with Gasteiger partial charge in [-0.2, -0.15) is 0 Å². The van der Waals surface area contributed by atoms with Crippen molar-refractivity contribution in [1.29, 1.82) is 0 Å². The normalized spacial score (nSPS) is 12.1. The molecule has 0 saturated carbocycles. The third-order valence-corrected chi connectivity index (χ3v) is 4.40. The van der Waals surface area contributed by atoms with Gasteiger partial charge in [-0.25, -0.2) is 9.18 Å². The van der Waals surface area contributed by atoms with Gasteiger partial charge in [-0.15, -0.1) is 11.3 Å². The average molecular weight is 325 g/mol. The summed E-state index contributed by atoms with van der Waals surface area (Å²) < 4.78 is 19.7. The third kappa shape index (κ3) is 3.63. The van der Waals surface area contributed by atoms with Gasteiger partial charge >= 0.3 is 5.97 Å². The van der Waals surface area contributed by atoms with Gasteiger partial charge in [0.15, 0.2) is 0 Å². The number of nitrogens with zero attached hydrogens (tertiary/aromatic N) is 1. The topological polar surface area (TPSA) is 49.8 Å². The molecule has 0 aliphatic rings. The number of hydrogen-bond donors (Lipinski definition) is 1. The minimum Gasteiger partial charge on any atom is -0.465 e. The molecule has 22 heavy (non-hydrogen) atoms. The van der Waals surface area contributed by atoms with Gasteiger partial charge in [0.25, 0.3) is 0 Å². The summed E-state index contributed by atoms with van der Waals surface area (Å²) in [6.07, 6.45) is 0. The highest BCUT2D eigenvalue weighted by atomic mass is 32.1. The van der Waals surface area contributed by atoms with Gasteiger partial charge in [-0.05, 0) is 33.0 Å². The van der Waals surface area contributed by atoms with Crippen molar-refractivity contribution in [2.24, 2.45) is 0 Å². The van der Waals surface area contributed by atoms with E-state index in [1.807, 2.05) is 11.9 Å². The molecule has 0 fully saturated rings. The molecule has 6 heteroatoms. The number of thiophene rings is 1. The van der Waals surface area contributed by atoms with Crippen LogP contribution in [-0.4, -0.2) is 42.3 Å². The van der Waals surface area contributed by atoms with Crippen LogP contribution in [0.4, 0.5) is 4.39 Å². The Kier molecular flexibility index (Phi) is 4.84. The minimum absolute atomic E-state index is 0.351. The first-order chi connectivity index (χ1) is 10.2. The Labute approximate surface area is 133 Å². The van der Waals surface area contributed by atoms with Gasteiger partial charge in [0.1, 0.15) is 10.7 Å². The van der Waals surface area contributed by atoms with Crippen LogP contribution in [-0.2, 0) is 11.3 Å². The number of halogens is 1. The molecule has 0 saturated heterocycles. The van der Waals surface area contributed by atoms with E-state index in [0.29, 0.717) is 33.6 Å². The lowest BCUT2D eigenvalue weighted by atomic mass is 10.1. The fourth-order valence-electron chi connectivity index (χ4n) is 2.56. The van der Waals surface area contributed by atoms with E-state index in [4.69, 9.17) is 4.74 Å². The molecule has 0 spiro atoms. The molecule has 0 aliphatic carbocycles. The summed E-state index contributed by atoms with van der Waals surface area (Å²) in [7, 11) is 3.14. The second-order valence-corrected chi connectivity index (χ2v) is 7.05. The summed E-state index contributed by atoms with van der Waals surface area (Å²) >= 11 is 1.23. The van der Waals surface area contributed by atoms with Crippen LogP contribution in [0.15, 0.2) is 18.2 Å². The Balaban J connectivity index is 2.47. The number of fused-ring (bicyclic) bond motifs is 1. The summed E-state index contributed by atoms with van der Waals surface area (Å²) in [5.41, 5.74) is -0.262. The molecule has 1 N–H and O–H groups in total. The van der Waals surface area contributed by atoms with Crippen LogP contribution < -0.4 is 0 Å². The molecule has 0 bridgehead atoms. The molecule has 2 aromatic rings. The smallest absolute Gasteiger partial charge is 0.348 e. The molecule has 0 amide bonds. The van der Waals surface area contributed by atoms with Gasteiger partial charge in [-0.1, -0.05) is 6.07 Å². The molecule has 0 aliphatic heterocycles. The fraction of sp³-hybridized carbons (Fsp3) is 0.438. The lowest BCUT2D eigenvalue weighted by Gasteiger charge is -2.25. The predicted molar refractivity (Wildman–Crippen MR) is 85.8 cm³/mol. The zero-order chi connectivity index (χ0) is 16.5. The highest BCUT2D eigenvalue weighted by Crippen LogP contribution is 2.34. The van der Waals surface area contributed by atoms with Gasteiger partial charge in [0.2, 0.25) is 0 Å². The summed E-state index contributed by atoms with van der Waals surface area (Å²) in [6.45, 7) is 4.17. The van der Waals surface area contributed by atoms with Crippen molar-refractivity contribution in [2.45, 2.75) is 26.0 Å². The number of carbonyl (C=O) groups is 1. The Morgan fingerprint density at radius 3 is 2.73 bits per heavy atom. The van der Waals surface area contributed by atoms with E-state index in [-0.39, 0.29) is 5.82 Å². The zero-order valence-electron chi connectivity index (χ0n) is 13.1. The van der Waals surface area contributed by atoms with Crippen LogP contribution in [0.1, 0.15) is 29.1 Å². The largest absolute Gasteiger partial charge is 0.465 e. The van der Waals surface area contributed by atoms with E-state index >= 15 is 0 Å². The Bertz CT molecular complexity index is 690. The molecule has 1 aromatic heterocycles. The number of hydrogen-bond acceptors (Lipinski definition) is 5. The van der Waals surface area contributed by atoms with Crippen LogP contribution in [0.5, 0.6) is 0 Å². The average Bonchev–Trinajstić information content (AvgIpc) is 2.75. The van der Waals surface area contributed by atoms with Crippen LogP contribution in [0.3, 0.4) is 0 Å². The molecular weight excluding hydrogens is 305 g/mol. The maximum atomic E-state index is 14.2. The second-order valence-electron chi connectivity index (χ2n) is 6.00. The van der Waals surface area contributed by atoms with Crippen molar-refractivity contribution in [1.82, 2.24) is 4.90 Å². The molecule has 0 unspecified atom stereocenters. The van der Waals surface area contributed by atoms with Gasteiger partial charge in [0, 0.05) is 28.7 Å². The molecule has 1 aromatic carbocycles.